The van der Waals surface area contributed by atoms with Crippen molar-refractivity contribution in [2.75, 3.05) is 6.54 Å². The first-order chi connectivity index (χ1) is 7.71. The first-order valence-corrected chi connectivity index (χ1v) is 6.54. The Morgan fingerprint density at radius 2 is 1.65 bits per heavy atom. The van der Waals surface area contributed by atoms with Gasteiger partial charge in [-0.05, 0) is 44.9 Å². The summed E-state index contributed by atoms with van der Waals surface area (Å²) in [5.41, 5.74) is 0. The summed E-state index contributed by atoms with van der Waals surface area (Å²) in [5, 5.41) is 0. The van der Waals surface area contributed by atoms with E-state index < -0.39 is 12.2 Å². The van der Waals surface area contributed by atoms with Gasteiger partial charge in [0.05, 0.1) is 0 Å². The van der Waals surface area contributed by atoms with Crippen molar-refractivity contribution in [1.82, 2.24) is 4.90 Å². The zero-order chi connectivity index (χ0) is 13.2. The Labute approximate surface area is 102 Å². The molecule has 0 aromatic rings. The van der Waals surface area contributed by atoms with Gasteiger partial charge in [-0.25, -0.2) is 0 Å². The van der Waals surface area contributed by atoms with Gasteiger partial charge in [0.2, 0.25) is 0 Å². The number of hydrogen-bond acceptors (Lipinski definition) is 1. The van der Waals surface area contributed by atoms with Crippen LogP contribution in [0.2, 0.25) is 0 Å². The third-order valence-corrected chi connectivity index (χ3v) is 3.52. The molecule has 0 heterocycles. The highest BCUT2D eigenvalue weighted by Crippen LogP contribution is 2.34. The molecule has 0 unspecified atom stereocenters. The number of halogens is 3. The van der Waals surface area contributed by atoms with Crippen LogP contribution in [-0.2, 0) is 0 Å². The smallest absolute Gasteiger partial charge is 0.289 e. The summed E-state index contributed by atoms with van der Waals surface area (Å²) in [5.74, 6) is 0.932. The Morgan fingerprint density at radius 1 is 1.12 bits per heavy atom. The summed E-state index contributed by atoms with van der Waals surface area (Å²) < 4.78 is 38.5. The van der Waals surface area contributed by atoms with Crippen LogP contribution >= 0.6 is 0 Å². The normalized spacial score (nSPS) is 21.0. The van der Waals surface area contributed by atoms with Crippen LogP contribution in [0.15, 0.2) is 0 Å². The average Bonchev–Trinajstić information content (AvgIpc) is 2.93. The second kappa shape index (κ2) is 5.59. The molecule has 102 valence electrons. The van der Waals surface area contributed by atoms with Crippen molar-refractivity contribution in [3.8, 4) is 0 Å². The van der Waals surface area contributed by atoms with E-state index in [1.807, 2.05) is 6.92 Å². The lowest BCUT2D eigenvalue weighted by Crippen LogP contribution is -2.49. The zero-order valence-electron chi connectivity index (χ0n) is 11.2. The molecule has 1 saturated carbocycles. The monoisotopic (exact) mass is 251 g/mol. The van der Waals surface area contributed by atoms with Gasteiger partial charge in [0.15, 0.2) is 0 Å². The van der Waals surface area contributed by atoms with E-state index in [4.69, 9.17) is 0 Å². The highest BCUT2D eigenvalue weighted by atomic mass is 19.4. The van der Waals surface area contributed by atoms with Crippen LogP contribution in [0.4, 0.5) is 13.2 Å². The second-order valence-corrected chi connectivity index (χ2v) is 5.84. The predicted octanol–water partition coefficient (Wildman–Crippen LogP) is 4.08. The highest BCUT2D eigenvalue weighted by molar-refractivity contribution is 4.85. The third kappa shape index (κ3) is 4.86. The van der Waals surface area contributed by atoms with Crippen molar-refractivity contribution in [3.05, 3.63) is 0 Å². The van der Waals surface area contributed by atoms with Gasteiger partial charge in [-0.2, -0.15) is 13.2 Å². The summed E-state index contributed by atoms with van der Waals surface area (Å²) >= 11 is 0. The third-order valence-electron chi connectivity index (χ3n) is 3.52. The van der Waals surface area contributed by atoms with E-state index in [-0.39, 0.29) is 6.04 Å². The standard InChI is InChI=1S/C13H24F3N/c1-9(2)7-10(3)17(8-12-5-6-12)11(4)13(14,15)16/h9-12H,5-8H2,1-4H3/t10-,11+/m1/s1. The lowest BCUT2D eigenvalue weighted by Gasteiger charge is -2.36. The van der Waals surface area contributed by atoms with Crippen LogP contribution < -0.4 is 0 Å². The maximum atomic E-state index is 12.8. The van der Waals surface area contributed by atoms with E-state index in [9.17, 15) is 13.2 Å². The molecule has 1 aliphatic carbocycles. The minimum absolute atomic E-state index is 0.00669. The molecule has 1 fully saturated rings. The SMILES string of the molecule is CC(C)C[C@@H](C)N(CC1CC1)[C@@H](C)C(F)(F)F. The largest absolute Gasteiger partial charge is 0.403 e. The fourth-order valence-corrected chi connectivity index (χ4v) is 2.32. The quantitative estimate of drug-likeness (QED) is 0.687. The molecule has 0 bridgehead atoms. The molecule has 0 radical (unpaired) electrons. The van der Waals surface area contributed by atoms with E-state index in [1.165, 1.54) is 6.92 Å². The topological polar surface area (TPSA) is 3.24 Å². The van der Waals surface area contributed by atoms with Gasteiger partial charge in [0.1, 0.15) is 6.04 Å². The van der Waals surface area contributed by atoms with E-state index >= 15 is 0 Å². The molecule has 0 aromatic heterocycles. The Bertz CT molecular complexity index is 233. The molecule has 0 saturated heterocycles. The zero-order valence-corrected chi connectivity index (χ0v) is 11.2. The molecular weight excluding hydrogens is 227 g/mol. The van der Waals surface area contributed by atoms with Crippen LogP contribution in [0.5, 0.6) is 0 Å². The summed E-state index contributed by atoms with van der Waals surface area (Å²) in [6.45, 7) is 7.94. The Balaban J connectivity index is 2.64. The van der Waals surface area contributed by atoms with Gasteiger partial charge in [-0.15, -0.1) is 0 Å². The van der Waals surface area contributed by atoms with E-state index in [1.54, 1.807) is 4.90 Å². The van der Waals surface area contributed by atoms with Gasteiger partial charge < -0.3 is 0 Å². The van der Waals surface area contributed by atoms with Crippen molar-refractivity contribution >= 4 is 0 Å². The van der Waals surface area contributed by atoms with Crippen molar-refractivity contribution in [2.24, 2.45) is 11.8 Å². The van der Waals surface area contributed by atoms with Gasteiger partial charge in [-0.3, -0.25) is 4.90 Å². The van der Waals surface area contributed by atoms with Gasteiger partial charge in [0.25, 0.3) is 0 Å². The van der Waals surface area contributed by atoms with Gasteiger partial charge in [0, 0.05) is 12.6 Å². The molecule has 17 heavy (non-hydrogen) atoms. The number of hydrogen-bond donors (Lipinski definition) is 0. The summed E-state index contributed by atoms with van der Waals surface area (Å²) in [6, 6.07) is -1.32. The summed E-state index contributed by atoms with van der Waals surface area (Å²) in [6.07, 6.45) is -1.10. The molecule has 1 nitrogen and oxygen atoms in total. The molecule has 0 aromatic carbocycles. The molecule has 0 amide bonds. The van der Waals surface area contributed by atoms with Crippen molar-refractivity contribution in [3.63, 3.8) is 0 Å². The minimum Gasteiger partial charge on any atom is -0.289 e. The Kier molecular flexibility index (Phi) is 4.87. The van der Waals surface area contributed by atoms with Gasteiger partial charge in [-0.1, -0.05) is 13.8 Å². The minimum atomic E-state index is -4.11. The van der Waals surface area contributed by atoms with Crippen molar-refractivity contribution in [1.29, 1.82) is 0 Å². The van der Waals surface area contributed by atoms with Crippen molar-refractivity contribution < 1.29 is 13.2 Å². The fourth-order valence-electron chi connectivity index (χ4n) is 2.32. The van der Waals surface area contributed by atoms with Gasteiger partial charge >= 0.3 is 6.18 Å². The predicted molar refractivity (Wildman–Crippen MR) is 63.9 cm³/mol. The van der Waals surface area contributed by atoms with E-state index in [0.29, 0.717) is 18.4 Å². The van der Waals surface area contributed by atoms with Crippen LogP contribution in [-0.4, -0.2) is 29.7 Å². The highest BCUT2D eigenvalue weighted by Gasteiger charge is 2.43. The first kappa shape index (κ1) is 14.8. The average molecular weight is 251 g/mol. The molecule has 0 aliphatic heterocycles. The van der Waals surface area contributed by atoms with Crippen LogP contribution in [0.25, 0.3) is 0 Å². The number of rotatable bonds is 6. The molecule has 0 N–H and O–H groups in total. The van der Waals surface area contributed by atoms with Crippen LogP contribution in [0.1, 0.15) is 47.0 Å². The van der Waals surface area contributed by atoms with E-state index in [2.05, 4.69) is 13.8 Å². The fraction of sp³-hybridized carbons (Fsp3) is 1.00. The molecule has 2 atom stereocenters. The summed E-state index contributed by atoms with van der Waals surface area (Å²) in [7, 11) is 0. The molecule has 4 heteroatoms. The van der Waals surface area contributed by atoms with Crippen LogP contribution in [0.3, 0.4) is 0 Å². The Hall–Kier alpha value is -0.250. The second-order valence-electron chi connectivity index (χ2n) is 5.84. The maximum absolute atomic E-state index is 12.8. The summed E-state index contributed by atoms with van der Waals surface area (Å²) in [4.78, 5) is 1.65. The van der Waals surface area contributed by atoms with Crippen molar-refractivity contribution in [2.45, 2.75) is 65.2 Å². The lowest BCUT2D eigenvalue weighted by molar-refractivity contribution is -0.185. The number of alkyl halides is 3. The van der Waals surface area contributed by atoms with Crippen LogP contribution in [0, 0.1) is 11.8 Å². The lowest BCUT2D eigenvalue weighted by atomic mass is 10.0. The van der Waals surface area contributed by atoms with E-state index in [0.717, 1.165) is 19.3 Å². The molecular formula is C13H24F3N. The molecule has 1 rings (SSSR count). The number of nitrogens with zero attached hydrogens (tertiary/aromatic N) is 1. The Morgan fingerprint density at radius 3 is 2.00 bits per heavy atom. The molecule has 0 spiro atoms. The maximum Gasteiger partial charge on any atom is 0.403 e. The molecule has 1 aliphatic rings. The first-order valence-electron chi connectivity index (χ1n) is 6.54.